The van der Waals surface area contributed by atoms with Crippen LogP contribution in [0.3, 0.4) is 0 Å². The van der Waals surface area contributed by atoms with Crippen molar-refractivity contribution in [3.63, 3.8) is 0 Å². The number of carbonyl (C=O) groups is 1. The highest BCUT2D eigenvalue weighted by Crippen LogP contribution is 2.61. The quantitative estimate of drug-likeness (QED) is 0.113. The van der Waals surface area contributed by atoms with E-state index in [0.29, 0.717) is 0 Å². The summed E-state index contributed by atoms with van der Waals surface area (Å²) in [6.45, 7) is -0.940. The number of amides is 1. The predicted molar refractivity (Wildman–Crippen MR) is 120 cm³/mol. The predicted octanol–water partition coefficient (Wildman–Crippen LogP) is -4.65. The summed E-state index contributed by atoms with van der Waals surface area (Å²) in [6.07, 6.45) is -13.0. The van der Waals surface area contributed by atoms with E-state index in [2.05, 4.69) is 18.7 Å². The number of nitrogens with one attached hydrogen (secondary N) is 2. The van der Waals surface area contributed by atoms with E-state index >= 15 is 0 Å². The SMILES string of the molecule is CC(=O)NC1C(O)[C@H](O)C(CO)O[C@@H]1O[P@@](=O)(O)O[P@@](=O)(O)OC[C@H]1O[C@@H](n2ccc(=O)[nH]c2=O)C(O)C1O. The molecule has 0 aliphatic carbocycles. The monoisotopic (exact) mass is 607 g/mol. The highest BCUT2D eigenvalue weighted by Gasteiger charge is 2.50. The fourth-order valence-electron chi connectivity index (χ4n) is 3.76. The summed E-state index contributed by atoms with van der Waals surface area (Å²) >= 11 is 0. The number of carbonyl (C=O) groups excluding carboxylic acids is 1. The van der Waals surface area contributed by atoms with E-state index in [1.165, 1.54) is 0 Å². The molecule has 11 atom stereocenters. The summed E-state index contributed by atoms with van der Waals surface area (Å²) < 4.78 is 49.2. The van der Waals surface area contributed by atoms with Crippen LogP contribution < -0.4 is 16.6 Å². The van der Waals surface area contributed by atoms with Gasteiger partial charge in [-0.3, -0.25) is 28.2 Å². The van der Waals surface area contributed by atoms with Crippen molar-refractivity contribution in [3.8, 4) is 0 Å². The minimum atomic E-state index is -5.63. The summed E-state index contributed by atoms with van der Waals surface area (Å²) in [5.74, 6) is -0.796. The van der Waals surface area contributed by atoms with Gasteiger partial charge >= 0.3 is 21.3 Å². The van der Waals surface area contributed by atoms with E-state index in [9.17, 15) is 58.8 Å². The van der Waals surface area contributed by atoms with Crippen LogP contribution in [0.1, 0.15) is 13.2 Å². The third-order valence-corrected chi connectivity index (χ3v) is 8.16. The third-order valence-electron chi connectivity index (χ3n) is 5.56. The highest BCUT2D eigenvalue weighted by molar-refractivity contribution is 7.61. The van der Waals surface area contributed by atoms with Gasteiger partial charge in [-0.05, 0) is 0 Å². The zero-order chi connectivity index (χ0) is 29.3. The zero-order valence-corrected chi connectivity index (χ0v) is 21.6. The molecule has 20 nitrogen and oxygen atoms in total. The van der Waals surface area contributed by atoms with E-state index in [1.54, 1.807) is 0 Å². The molecule has 1 aromatic rings. The van der Waals surface area contributed by atoms with Crippen LogP contribution in [-0.4, -0.2) is 113 Å². The Hall–Kier alpha value is -1.87. The number of ether oxygens (including phenoxy) is 2. The fraction of sp³-hybridized carbons (Fsp3) is 0.706. The van der Waals surface area contributed by atoms with Gasteiger partial charge in [0.05, 0.1) is 13.2 Å². The van der Waals surface area contributed by atoms with Gasteiger partial charge < -0.3 is 50.1 Å². The van der Waals surface area contributed by atoms with Crippen LogP contribution in [0.2, 0.25) is 0 Å². The molecule has 5 unspecified atom stereocenters. The first-order chi connectivity index (χ1) is 18.0. The summed E-state index contributed by atoms with van der Waals surface area (Å²) in [5, 5.41) is 51.9. The lowest BCUT2D eigenvalue weighted by Gasteiger charge is -2.42. The Bertz CT molecular complexity index is 1240. The van der Waals surface area contributed by atoms with Gasteiger partial charge in [-0.2, -0.15) is 4.31 Å². The molecule has 9 N–H and O–H groups in total. The molecule has 3 rings (SSSR count). The number of aliphatic hydroxyl groups is 5. The maximum absolute atomic E-state index is 12.4. The molecule has 0 aromatic carbocycles. The van der Waals surface area contributed by atoms with Crippen LogP contribution in [0.4, 0.5) is 0 Å². The Morgan fingerprint density at radius 3 is 2.28 bits per heavy atom. The fourth-order valence-corrected chi connectivity index (χ4v) is 5.92. The molecule has 0 radical (unpaired) electrons. The first-order valence-corrected chi connectivity index (χ1v) is 14.0. The maximum atomic E-state index is 12.4. The van der Waals surface area contributed by atoms with Gasteiger partial charge in [-0.15, -0.1) is 0 Å². The second-order valence-corrected chi connectivity index (χ2v) is 11.4. The average molecular weight is 607 g/mol. The van der Waals surface area contributed by atoms with E-state index in [0.717, 1.165) is 23.8 Å². The lowest BCUT2D eigenvalue weighted by Crippen LogP contribution is -2.64. The van der Waals surface area contributed by atoms with E-state index < -0.39 is 101 Å². The van der Waals surface area contributed by atoms with E-state index in [-0.39, 0.29) is 0 Å². The summed E-state index contributed by atoms with van der Waals surface area (Å²) in [5.41, 5.74) is -1.75. The van der Waals surface area contributed by atoms with E-state index in [1.807, 2.05) is 4.98 Å². The molecule has 1 amide bonds. The van der Waals surface area contributed by atoms with Crippen molar-refractivity contribution in [1.29, 1.82) is 0 Å². The number of phosphoric ester groups is 2. The van der Waals surface area contributed by atoms with Crippen LogP contribution in [0, 0.1) is 0 Å². The van der Waals surface area contributed by atoms with Gasteiger partial charge in [0.25, 0.3) is 5.56 Å². The molecule has 0 spiro atoms. The molecule has 39 heavy (non-hydrogen) atoms. The number of phosphoric acid groups is 2. The molecule has 3 heterocycles. The number of hydrogen-bond donors (Lipinski definition) is 9. The largest absolute Gasteiger partial charge is 0.483 e. The van der Waals surface area contributed by atoms with Crippen LogP contribution in [-0.2, 0) is 36.8 Å². The topological polar surface area (TPSA) is 306 Å². The molecule has 0 saturated carbocycles. The Balaban J connectivity index is 1.66. The van der Waals surface area contributed by atoms with Gasteiger partial charge in [0.1, 0.15) is 42.7 Å². The number of rotatable bonds is 10. The van der Waals surface area contributed by atoms with Crippen molar-refractivity contribution in [3.05, 3.63) is 33.1 Å². The van der Waals surface area contributed by atoms with Gasteiger partial charge in [0.15, 0.2) is 12.5 Å². The first kappa shape index (κ1) is 31.7. The number of aromatic amines is 1. The van der Waals surface area contributed by atoms with Crippen LogP contribution >= 0.6 is 15.6 Å². The van der Waals surface area contributed by atoms with Crippen molar-refractivity contribution < 1.29 is 72.1 Å². The summed E-state index contributed by atoms with van der Waals surface area (Å²) in [4.78, 5) is 56.4. The molecular weight excluding hydrogens is 580 g/mol. The highest BCUT2D eigenvalue weighted by atomic mass is 31.3. The van der Waals surface area contributed by atoms with Crippen LogP contribution in [0.5, 0.6) is 0 Å². The molecule has 22 heteroatoms. The Labute approximate surface area is 217 Å². The Kier molecular flexibility index (Phi) is 10.0. The first-order valence-electron chi connectivity index (χ1n) is 11.0. The van der Waals surface area contributed by atoms with Crippen molar-refractivity contribution in [2.45, 2.75) is 62.1 Å². The lowest BCUT2D eigenvalue weighted by molar-refractivity contribution is -0.247. The van der Waals surface area contributed by atoms with Gasteiger partial charge in [0.2, 0.25) is 5.91 Å². The van der Waals surface area contributed by atoms with Gasteiger partial charge in [-0.25, -0.2) is 13.9 Å². The average Bonchev–Trinajstić information content (AvgIpc) is 3.10. The van der Waals surface area contributed by atoms with Crippen molar-refractivity contribution in [2.24, 2.45) is 0 Å². The van der Waals surface area contributed by atoms with Gasteiger partial charge in [0, 0.05) is 19.2 Å². The normalized spacial score (nSPS) is 36.2. The van der Waals surface area contributed by atoms with Gasteiger partial charge in [-0.1, -0.05) is 0 Å². The molecule has 2 fully saturated rings. The maximum Gasteiger partial charge on any atom is 0.483 e. The minimum Gasteiger partial charge on any atom is -0.394 e. The number of aromatic nitrogens is 2. The Morgan fingerprint density at radius 1 is 1.05 bits per heavy atom. The van der Waals surface area contributed by atoms with E-state index in [4.69, 9.17) is 9.47 Å². The summed E-state index contributed by atoms with van der Waals surface area (Å²) in [7, 11) is -11.1. The molecule has 2 aliphatic rings. The zero-order valence-electron chi connectivity index (χ0n) is 19.8. The second-order valence-electron chi connectivity index (χ2n) is 8.42. The number of hydrogen-bond acceptors (Lipinski definition) is 15. The van der Waals surface area contributed by atoms with Crippen molar-refractivity contribution in [2.75, 3.05) is 13.2 Å². The third kappa shape index (κ3) is 7.66. The number of aliphatic hydroxyl groups excluding tert-OH is 5. The lowest BCUT2D eigenvalue weighted by atomic mass is 9.97. The molecule has 2 saturated heterocycles. The molecule has 222 valence electrons. The minimum absolute atomic E-state index is 0.723. The van der Waals surface area contributed by atoms with Crippen LogP contribution in [0.15, 0.2) is 21.9 Å². The standard InChI is InChI=1S/C17H27N3O17P2/c1-6(22)18-10-13(26)11(24)7(4-21)35-16(10)36-39(31,32)37-38(29,30)33-5-8-12(25)14(27)15(34-8)20-3-2-9(23)19-17(20)28/h2-3,7-8,10-16,21,24-27H,4-5H2,1H3,(H,18,22)(H,29,30)(H,31,32)(H,19,23,28)/t7?,8-,10?,11-,12?,13?,14?,15-,16-/m1/s1. The number of H-pyrrole nitrogens is 1. The number of nitrogens with zero attached hydrogens (tertiary/aromatic N) is 1. The Morgan fingerprint density at radius 2 is 1.69 bits per heavy atom. The summed E-state index contributed by atoms with van der Waals surface area (Å²) in [6, 6.07) is -0.766. The second kappa shape index (κ2) is 12.3. The smallest absolute Gasteiger partial charge is 0.394 e. The van der Waals surface area contributed by atoms with Crippen molar-refractivity contribution in [1.82, 2.24) is 14.9 Å². The molecule has 1 aromatic heterocycles. The van der Waals surface area contributed by atoms with Crippen LogP contribution in [0.25, 0.3) is 0 Å². The molecular formula is C17H27N3O17P2. The molecule has 0 bridgehead atoms. The van der Waals surface area contributed by atoms with Crippen molar-refractivity contribution >= 4 is 21.6 Å². The molecule has 2 aliphatic heterocycles.